The van der Waals surface area contributed by atoms with Crippen molar-refractivity contribution in [3.05, 3.63) is 30.3 Å². The summed E-state index contributed by atoms with van der Waals surface area (Å²) in [7, 11) is 1.71. The van der Waals surface area contributed by atoms with Gasteiger partial charge in [-0.15, -0.1) is 0 Å². The Morgan fingerprint density at radius 3 is 2.30 bits per heavy atom. The first kappa shape index (κ1) is 21.9. The molecule has 2 aromatic carbocycles. The number of methoxy groups -OCH3 is 1. The normalized spacial score (nSPS) is 10.9. The first-order valence-corrected chi connectivity index (χ1v) is 11.3. The number of unbranched alkanes of at least 4 members (excludes halogenated alkanes) is 6. The summed E-state index contributed by atoms with van der Waals surface area (Å²) in [5, 5.41) is 3.29. The van der Waals surface area contributed by atoms with Crippen LogP contribution in [0.2, 0.25) is 0 Å². The van der Waals surface area contributed by atoms with Crippen LogP contribution in [0.5, 0.6) is 17.2 Å². The highest BCUT2D eigenvalue weighted by atomic mass is 79.9. The molecule has 0 spiro atoms. The van der Waals surface area contributed by atoms with Gasteiger partial charge in [-0.25, -0.2) is 0 Å². The second-order valence-electron chi connectivity index (χ2n) is 6.84. The Bertz CT molecular complexity index is 672. The Kier molecular flexibility index (Phi) is 10.4. The average Bonchev–Trinajstić information content (AvgIpc) is 2.69. The first-order valence-electron chi connectivity index (χ1n) is 10.2. The van der Waals surface area contributed by atoms with Crippen LogP contribution in [-0.2, 0) is 0 Å². The van der Waals surface area contributed by atoms with E-state index in [0.717, 1.165) is 65.8 Å². The molecule has 0 aliphatic rings. The molecular formula is C23H33BrO3. The molecule has 0 bridgehead atoms. The maximum atomic E-state index is 6.01. The summed E-state index contributed by atoms with van der Waals surface area (Å²) in [5.41, 5.74) is 0. The second-order valence-corrected chi connectivity index (χ2v) is 7.63. The molecule has 0 heterocycles. The maximum absolute atomic E-state index is 6.01. The fourth-order valence-electron chi connectivity index (χ4n) is 3.09. The van der Waals surface area contributed by atoms with Gasteiger partial charge in [0.1, 0.15) is 5.75 Å². The van der Waals surface area contributed by atoms with Crippen molar-refractivity contribution >= 4 is 26.7 Å². The standard InChI is InChI=1S/C23H33BrO3/c1-3-4-16-26-20-12-13-21-19(18-20)11-14-22(23(21)25-2)27-17-10-8-6-5-7-9-15-24/h11-14,18H,3-10,15-17H2,1-2H3. The Labute approximate surface area is 172 Å². The summed E-state index contributed by atoms with van der Waals surface area (Å²) in [5.74, 6) is 2.54. The Morgan fingerprint density at radius 2 is 1.56 bits per heavy atom. The zero-order chi connectivity index (χ0) is 19.3. The van der Waals surface area contributed by atoms with Gasteiger partial charge in [0.05, 0.1) is 20.3 Å². The molecule has 0 atom stereocenters. The lowest BCUT2D eigenvalue weighted by atomic mass is 10.1. The van der Waals surface area contributed by atoms with E-state index in [1.165, 1.54) is 32.1 Å². The van der Waals surface area contributed by atoms with Crippen LogP contribution in [0.25, 0.3) is 10.8 Å². The van der Waals surface area contributed by atoms with E-state index in [-0.39, 0.29) is 0 Å². The topological polar surface area (TPSA) is 27.7 Å². The quantitative estimate of drug-likeness (QED) is 0.232. The molecule has 27 heavy (non-hydrogen) atoms. The third-order valence-corrected chi connectivity index (χ3v) is 5.22. The van der Waals surface area contributed by atoms with Gasteiger partial charge in [-0.3, -0.25) is 0 Å². The monoisotopic (exact) mass is 436 g/mol. The van der Waals surface area contributed by atoms with E-state index in [2.05, 4.69) is 41.1 Å². The number of fused-ring (bicyclic) bond motifs is 1. The lowest BCUT2D eigenvalue weighted by molar-refractivity contribution is 0.286. The van der Waals surface area contributed by atoms with Crippen molar-refractivity contribution in [2.75, 3.05) is 25.7 Å². The van der Waals surface area contributed by atoms with Crippen molar-refractivity contribution < 1.29 is 14.2 Å². The van der Waals surface area contributed by atoms with Gasteiger partial charge in [0.15, 0.2) is 11.5 Å². The summed E-state index contributed by atoms with van der Waals surface area (Å²) in [4.78, 5) is 0. The molecule has 0 N–H and O–H groups in total. The van der Waals surface area contributed by atoms with E-state index in [9.17, 15) is 0 Å². The number of benzene rings is 2. The molecule has 2 rings (SSSR count). The molecule has 3 nitrogen and oxygen atoms in total. The smallest absolute Gasteiger partial charge is 0.168 e. The van der Waals surface area contributed by atoms with Crippen molar-refractivity contribution in [1.29, 1.82) is 0 Å². The van der Waals surface area contributed by atoms with Gasteiger partial charge in [-0.05, 0) is 48.9 Å². The Hall–Kier alpha value is -1.42. The largest absolute Gasteiger partial charge is 0.494 e. The molecule has 0 aliphatic carbocycles. The van der Waals surface area contributed by atoms with Crippen LogP contribution in [0.4, 0.5) is 0 Å². The summed E-state index contributed by atoms with van der Waals surface area (Å²) < 4.78 is 17.5. The van der Waals surface area contributed by atoms with Crippen LogP contribution in [0, 0.1) is 0 Å². The van der Waals surface area contributed by atoms with E-state index < -0.39 is 0 Å². The molecule has 0 saturated heterocycles. The van der Waals surface area contributed by atoms with E-state index in [0.29, 0.717) is 0 Å². The summed E-state index contributed by atoms with van der Waals surface area (Å²) in [6.07, 6.45) is 9.70. The van der Waals surface area contributed by atoms with Crippen molar-refractivity contribution in [2.24, 2.45) is 0 Å². The Morgan fingerprint density at radius 1 is 0.815 bits per heavy atom. The van der Waals surface area contributed by atoms with Crippen LogP contribution in [0.3, 0.4) is 0 Å². The predicted molar refractivity (Wildman–Crippen MR) is 118 cm³/mol. The predicted octanol–water partition coefficient (Wildman–Crippen LogP) is 7.14. The molecular weight excluding hydrogens is 404 g/mol. The molecule has 0 saturated carbocycles. The molecule has 2 aromatic rings. The highest BCUT2D eigenvalue weighted by Crippen LogP contribution is 2.37. The zero-order valence-corrected chi connectivity index (χ0v) is 18.4. The van der Waals surface area contributed by atoms with Gasteiger partial charge < -0.3 is 14.2 Å². The zero-order valence-electron chi connectivity index (χ0n) is 16.8. The number of hydrogen-bond donors (Lipinski definition) is 0. The fraction of sp³-hybridized carbons (Fsp3) is 0.565. The number of alkyl halides is 1. The number of rotatable bonds is 14. The summed E-state index contributed by atoms with van der Waals surface area (Å²) in [6.45, 7) is 3.66. The number of ether oxygens (including phenoxy) is 3. The van der Waals surface area contributed by atoms with E-state index in [4.69, 9.17) is 14.2 Å². The van der Waals surface area contributed by atoms with E-state index >= 15 is 0 Å². The van der Waals surface area contributed by atoms with Crippen LogP contribution in [0.15, 0.2) is 30.3 Å². The average molecular weight is 437 g/mol. The number of halogens is 1. The van der Waals surface area contributed by atoms with Gasteiger partial charge in [0, 0.05) is 10.7 Å². The summed E-state index contributed by atoms with van der Waals surface area (Å²) in [6, 6.07) is 10.2. The molecule has 0 aromatic heterocycles. The van der Waals surface area contributed by atoms with Crippen molar-refractivity contribution in [3.8, 4) is 17.2 Å². The molecule has 150 valence electrons. The molecule has 4 heteroatoms. The van der Waals surface area contributed by atoms with E-state index in [1.54, 1.807) is 7.11 Å². The fourth-order valence-corrected chi connectivity index (χ4v) is 3.49. The molecule has 0 fully saturated rings. The molecule has 0 aliphatic heterocycles. The van der Waals surface area contributed by atoms with Crippen LogP contribution in [-0.4, -0.2) is 25.7 Å². The van der Waals surface area contributed by atoms with Crippen molar-refractivity contribution in [3.63, 3.8) is 0 Å². The molecule has 0 unspecified atom stereocenters. The third-order valence-electron chi connectivity index (χ3n) is 4.66. The minimum absolute atomic E-state index is 0.735. The maximum Gasteiger partial charge on any atom is 0.168 e. The minimum atomic E-state index is 0.735. The van der Waals surface area contributed by atoms with Gasteiger partial charge in [-0.1, -0.05) is 61.0 Å². The van der Waals surface area contributed by atoms with Gasteiger partial charge in [-0.2, -0.15) is 0 Å². The summed E-state index contributed by atoms with van der Waals surface area (Å²) >= 11 is 3.48. The van der Waals surface area contributed by atoms with Gasteiger partial charge in [0.2, 0.25) is 0 Å². The highest BCUT2D eigenvalue weighted by molar-refractivity contribution is 9.09. The van der Waals surface area contributed by atoms with Gasteiger partial charge >= 0.3 is 0 Å². The first-order chi connectivity index (χ1) is 13.3. The third kappa shape index (κ3) is 7.25. The second kappa shape index (κ2) is 12.9. The van der Waals surface area contributed by atoms with Crippen molar-refractivity contribution in [1.82, 2.24) is 0 Å². The van der Waals surface area contributed by atoms with Crippen molar-refractivity contribution in [2.45, 2.75) is 58.3 Å². The lowest BCUT2D eigenvalue weighted by Crippen LogP contribution is -2.00. The Balaban J connectivity index is 1.90. The van der Waals surface area contributed by atoms with Crippen LogP contribution < -0.4 is 14.2 Å². The van der Waals surface area contributed by atoms with Crippen LogP contribution in [0.1, 0.15) is 58.3 Å². The minimum Gasteiger partial charge on any atom is -0.494 e. The SMILES string of the molecule is CCCCOc1ccc2c(OC)c(OCCCCCCCCBr)ccc2c1. The number of hydrogen-bond acceptors (Lipinski definition) is 3. The molecule has 0 radical (unpaired) electrons. The molecule has 0 amide bonds. The van der Waals surface area contributed by atoms with Gasteiger partial charge in [0.25, 0.3) is 0 Å². The van der Waals surface area contributed by atoms with Crippen LogP contribution >= 0.6 is 15.9 Å². The van der Waals surface area contributed by atoms with E-state index in [1.807, 2.05) is 12.1 Å². The lowest BCUT2D eigenvalue weighted by Gasteiger charge is -2.14. The highest BCUT2D eigenvalue weighted by Gasteiger charge is 2.10.